The molecule has 0 saturated carbocycles. The van der Waals surface area contributed by atoms with E-state index in [0.717, 1.165) is 11.1 Å². The van der Waals surface area contributed by atoms with E-state index in [4.69, 9.17) is 30.1 Å². The van der Waals surface area contributed by atoms with Gasteiger partial charge in [0, 0.05) is 24.6 Å². The standard InChI is InChI=1S/C24H24ClNO6S/c1-3-31-26-17-19-10-8-18(9-11-19)12-13-30-21-14-20(29-2)15-22(16-21)32-33(27,28)24-7-5-4-6-23(24)25/h4-11,14-17H,3,12-13H2,1-2H3. The zero-order chi connectivity index (χ0) is 23.7. The summed E-state index contributed by atoms with van der Waals surface area (Å²) in [5, 5.41) is 3.92. The lowest BCUT2D eigenvalue weighted by molar-refractivity contribution is 0.160. The first-order valence-corrected chi connectivity index (χ1v) is 11.9. The van der Waals surface area contributed by atoms with Crippen LogP contribution in [0.25, 0.3) is 0 Å². The molecule has 0 aliphatic rings. The molecule has 0 fully saturated rings. The number of hydrogen-bond donors (Lipinski definition) is 0. The van der Waals surface area contributed by atoms with Crippen molar-refractivity contribution in [3.05, 3.63) is 82.9 Å². The van der Waals surface area contributed by atoms with Gasteiger partial charge in [-0.05, 0) is 30.2 Å². The van der Waals surface area contributed by atoms with Crippen LogP contribution in [0.2, 0.25) is 5.02 Å². The average Bonchev–Trinajstić information content (AvgIpc) is 2.80. The molecule has 3 rings (SSSR count). The largest absolute Gasteiger partial charge is 0.496 e. The fraction of sp³-hybridized carbons (Fsp3) is 0.208. The molecule has 0 aromatic heterocycles. The van der Waals surface area contributed by atoms with Gasteiger partial charge in [0.15, 0.2) is 0 Å². The first-order valence-electron chi connectivity index (χ1n) is 10.2. The number of benzene rings is 3. The summed E-state index contributed by atoms with van der Waals surface area (Å²) in [6, 6.07) is 18.5. The van der Waals surface area contributed by atoms with E-state index in [-0.39, 0.29) is 15.7 Å². The molecule has 0 aliphatic carbocycles. The maximum absolute atomic E-state index is 12.6. The van der Waals surface area contributed by atoms with Gasteiger partial charge in [-0.15, -0.1) is 0 Å². The maximum atomic E-state index is 12.6. The first-order chi connectivity index (χ1) is 15.9. The van der Waals surface area contributed by atoms with Gasteiger partial charge in [-0.3, -0.25) is 0 Å². The molecule has 0 spiro atoms. The highest BCUT2D eigenvalue weighted by Gasteiger charge is 2.20. The summed E-state index contributed by atoms with van der Waals surface area (Å²) >= 11 is 6.01. The minimum atomic E-state index is -4.12. The number of halogens is 1. The van der Waals surface area contributed by atoms with Crippen molar-refractivity contribution in [3.63, 3.8) is 0 Å². The molecular formula is C24H24ClNO6S. The number of hydrogen-bond acceptors (Lipinski definition) is 7. The maximum Gasteiger partial charge on any atom is 0.340 e. The molecule has 0 N–H and O–H groups in total. The van der Waals surface area contributed by atoms with Crippen LogP contribution >= 0.6 is 11.6 Å². The Balaban J connectivity index is 1.66. The van der Waals surface area contributed by atoms with E-state index in [9.17, 15) is 8.42 Å². The number of ether oxygens (including phenoxy) is 2. The lowest BCUT2D eigenvalue weighted by atomic mass is 10.1. The van der Waals surface area contributed by atoms with Crippen LogP contribution in [0, 0.1) is 0 Å². The lowest BCUT2D eigenvalue weighted by Gasteiger charge is -2.12. The number of oxime groups is 1. The summed E-state index contributed by atoms with van der Waals surface area (Å²) in [6.45, 7) is 2.76. The topological polar surface area (TPSA) is 83.4 Å². The molecule has 9 heteroatoms. The predicted molar refractivity (Wildman–Crippen MR) is 127 cm³/mol. The Morgan fingerprint density at radius 1 is 0.970 bits per heavy atom. The molecule has 0 saturated heterocycles. The van der Waals surface area contributed by atoms with Crippen LogP contribution < -0.4 is 13.7 Å². The second kappa shape index (κ2) is 11.6. The Hall–Kier alpha value is -3.23. The van der Waals surface area contributed by atoms with Gasteiger partial charge in [0.05, 0.1) is 25.0 Å². The van der Waals surface area contributed by atoms with Gasteiger partial charge >= 0.3 is 10.1 Å². The third kappa shape index (κ3) is 7.13. The van der Waals surface area contributed by atoms with Crippen molar-refractivity contribution in [2.45, 2.75) is 18.2 Å². The lowest BCUT2D eigenvalue weighted by Crippen LogP contribution is -2.10. The SMILES string of the molecule is CCON=Cc1ccc(CCOc2cc(OC)cc(OS(=O)(=O)c3ccccc3Cl)c2)cc1. The van der Waals surface area contributed by atoms with Crippen LogP contribution in [0.3, 0.4) is 0 Å². The third-order valence-electron chi connectivity index (χ3n) is 4.45. The van der Waals surface area contributed by atoms with E-state index >= 15 is 0 Å². The normalized spacial score (nSPS) is 11.4. The van der Waals surface area contributed by atoms with Crippen molar-refractivity contribution in [3.8, 4) is 17.2 Å². The van der Waals surface area contributed by atoms with Crippen LogP contribution in [-0.4, -0.2) is 35.0 Å². The van der Waals surface area contributed by atoms with E-state index in [2.05, 4.69) is 5.16 Å². The molecule has 0 amide bonds. The van der Waals surface area contributed by atoms with Crippen molar-refractivity contribution >= 4 is 27.9 Å². The van der Waals surface area contributed by atoms with Crippen molar-refractivity contribution in [1.29, 1.82) is 0 Å². The van der Waals surface area contributed by atoms with Crippen molar-refractivity contribution in [1.82, 2.24) is 0 Å². The Kier molecular flexibility index (Phi) is 8.57. The minimum Gasteiger partial charge on any atom is -0.496 e. The molecule has 0 heterocycles. The van der Waals surface area contributed by atoms with Crippen molar-refractivity contribution < 1.29 is 26.9 Å². The number of rotatable bonds is 11. The zero-order valence-corrected chi connectivity index (χ0v) is 19.8. The predicted octanol–water partition coefficient (Wildman–Crippen LogP) is 5.11. The molecule has 33 heavy (non-hydrogen) atoms. The van der Waals surface area contributed by atoms with Gasteiger partial charge in [0.25, 0.3) is 0 Å². The molecule has 0 bridgehead atoms. The second-order valence-corrected chi connectivity index (χ2v) is 8.73. The smallest absolute Gasteiger partial charge is 0.340 e. The minimum absolute atomic E-state index is 0.0576. The van der Waals surface area contributed by atoms with E-state index < -0.39 is 10.1 Å². The fourth-order valence-corrected chi connectivity index (χ4v) is 4.25. The highest BCUT2D eigenvalue weighted by Crippen LogP contribution is 2.31. The Bertz CT molecular complexity index is 1200. The fourth-order valence-electron chi connectivity index (χ4n) is 2.84. The van der Waals surface area contributed by atoms with Crippen molar-refractivity contribution in [2.75, 3.05) is 20.3 Å². The Labute approximate surface area is 198 Å². The van der Waals surface area contributed by atoms with Gasteiger partial charge < -0.3 is 18.5 Å². The van der Waals surface area contributed by atoms with Crippen LogP contribution in [0.1, 0.15) is 18.1 Å². The molecule has 3 aromatic rings. The van der Waals surface area contributed by atoms with Gasteiger partial charge in [-0.1, -0.05) is 53.2 Å². The number of nitrogens with zero attached hydrogens (tertiary/aromatic N) is 1. The zero-order valence-electron chi connectivity index (χ0n) is 18.2. The van der Waals surface area contributed by atoms with E-state index in [1.165, 1.54) is 31.4 Å². The van der Waals surface area contributed by atoms with Gasteiger partial charge in [0.1, 0.15) is 28.8 Å². The molecule has 174 valence electrons. The number of methoxy groups -OCH3 is 1. The van der Waals surface area contributed by atoms with E-state index in [1.54, 1.807) is 24.4 Å². The van der Waals surface area contributed by atoms with Crippen LogP contribution in [0.4, 0.5) is 0 Å². The Morgan fingerprint density at radius 2 is 1.67 bits per heavy atom. The summed E-state index contributed by atoms with van der Waals surface area (Å²) in [4.78, 5) is 4.84. The summed E-state index contributed by atoms with van der Waals surface area (Å²) in [5.74, 6) is 0.871. The summed E-state index contributed by atoms with van der Waals surface area (Å²) < 4.78 is 41.6. The molecule has 0 atom stereocenters. The summed E-state index contributed by atoms with van der Waals surface area (Å²) in [5.41, 5.74) is 2.01. The van der Waals surface area contributed by atoms with Crippen LogP contribution in [0.15, 0.2) is 76.8 Å². The highest BCUT2D eigenvalue weighted by molar-refractivity contribution is 7.87. The van der Waals surface area contributed by atoms with Gasteiger partial charge in [-0.25, -0.2) is 0 Å². The Morgan fingerprint density at radius 3 is 2.36 bits per heavy atom. The molecule has 0 unspecified atom stereocenters. The molecule has 0 radical (unpaired) electrons. The van der Waals surface area contributed by atoms with E-state index in [0.29, 0.717) is 31.1 Å². The third-order valence-corrected chi connectivity index (χ3v) is 6.19. The second-order valence-electron chi connectivity index (χ2n) is 6.80. The molecule has 0 aliphatic heterocycles. The molecule has 3 aromatic carbocycles. The molecule has 7 nitrogen and oxygen atoms in total. The monoisotopic (exact) mass is 489 g/mol. The average molecular weight is 490 g/mol. The van der Waals surface area contributed by atoms with Crippen molar-refractivity contribution in [2.24, 2.45) is 5.16 Å². The van der Waals surface area contributed by atoms with E-state index in [1.807, 2.05) is 31.2 Å². The van der Waals surface area contributed by atoms with Crippen LogP contribution in [-0.2, 0) is 21.4 Å². The van der Waals surface area contributed by atoms with Gasteiger partial charge in [0.2, 0.25) is 0 Å². The van der Waals surface area contributed by atoms with Gasteiger partial charge in [-0.2, -0.15) is 8.42 Å². The quantitative estimate of drug-likeness (QED) is 0.211. The molecular weight excluding hydrogens is 466 g/mol. The summed E-state index contributed by atoms with van der Waals surface area (Å²) in [6.07, 6.45) is 2.30. The van der Waals surface area contributed by atoms with Crippen LogP contribution in [0.5, 0.6) is 17.2 Å². The summed E-state index contributed by atoms with van der Waals surface area (Å²) in [7, 11) is -2.65. The highest BCUT2D eigenvalue weighted by atomic mass is 35.5. The first kappa shape index (κ1) is 24.4.